The summed E-state index contributed by atoms with van der Waals surface area (Å²) in [5.41, 5.74) is 6.95. The van der Waals surface area contributed by atoms with E-state index in [2.05, 4.69) is 63.2 Å². The highest BCUT2D eigenvalue weighted by Gasteiger charge is 2.04. The van der Waals surface area contributed by atoms with Gasteiger partial charge in [0.25, 0.3) is 0 Å². The Morgan fingerprint density at radius 3 is 2.33 bits per heavy atom. The third kappa shape index (κ3) is 2.81. The Hall–Kier alpha value is -1.56. The van der Waals surface area contributed by atoms with E-state index >= 15 is 0 Å². The van der Waals surface area contributed by atoms with Crippen LogP contribution >= 0.6 is 0 Å². The first kappa shape index (κ1) is 12.9. The Morgan fingerprint density at radius 1 is 0.889 bits per heavy atom. The number of aryl methyl sites for hydroxylation is 3. The number of hydrogen-bond acceptors (Lipinski definition) is 0. The third-order valence-corrected chi connectivity index (χ3v) is 3.60. The summed E-state index contributed by atoms with van der Waals surface area (Å²) in [5.74, 6) is 0. The van der Waals surface area contributed by atoms with Gasteiger partial charge in [-0.15, -0.1) is 0 Å². The molecule has 0 N–H and O–H groups in total. The van der Waals surface area contributed by atoms with Crippen LogP contribution in [0.4, 0.5) is 0 Å². The maximum Gasteiger partial charge on any atom is -0.0155 e. The summed E-state index contributed by atoms with van der Waals surface area (Å²) >= 11 is 0. The lowest BCUT2D eigenvalue weighted by atomic mass is 9.95. The molecule has 0 spiro atoms. The topological polar surface area (TPSA) is 0 Å². The van der Waals surface area contributed by atoms with E-state index in [0.29, 0.717) is 0 Å². The Kier molecular flexibility index (Phi) is 4.19. The quantitative estimate of drug-likeness (QED) is 0.677. The summed E-state index contributed by atoms with van der Waals surface area (Å²) in [4.78, 5) is 0. The minimum atomic E-state index is 1.20. The number of benzene rings is 2. The van der Waals surface area contributed by atoms with E-state index in [4.69, 9.17) is 0 Å². The zero-order valence-electron chi connectivity index (χ0n) is 11.7. The second kappa shape index (κ2) is 5.86. The fraction of sp³-hybridized carbons (Fsp3) is 0.333. The molecule has 0 bridgehead atoms. The van der Waals surface area contributed by atoms with E-state index in [1.165, 1.54) is 47.1 Å². The molecule has 0 unspecified atom stereocenters. The van der Waals surface area contributed by atoms with Gasteiger partial charge in [-0.25, -0.2) is 0 Å². The van der Waals surface area contributed by atoms with Crippen LogP contribution in [0.15, 0.2) is 42.5 Å². The first-order chi connectivity index (χ1) is 8.72. The molecule has 0 saturated carbocycles. The highest BCUT2D eigenvalue weighted by Crippen LogP contribution is 2.25. The molecule has 0 heterocycles. The number of rotatable bonds is 4. The molecular formula is C18H22. The van der Waals surface area contributed by atoms with Crippen LogP contribution in [-0.2, 0) is 6.42 Å². The van der Waals surface area contributed by atoms with Crippen molar-refractivity contribution in [3.63, 3.8) is 0 Å². The molecule has 0 saturated heterocycles. The summed E-state index contributed by atoms with van der Waals surface area (Å²) < 4.78 is 0. The number of unbranched alkanes of at least 4 members (excludes halogenated alkanes) is 1. The normalized spacial score (nSPS) is 10.6. The summed E-state index contributed by atoms with van der Waals surface area (Å²) in [7, 11) is 0. The molecule has 0 heteroatoms. The average Bonchev–Trinajstić information content (AvgIpc) is 2.38. The third-order valence-electron chi connectivity index (χ3n) is 3.60. The van der Waals surface area contributed by atoms with Crippen molar-refractivity contribution in [3.8, 4) is 11.1 Å². The second-order valence-corrected chi connectivity index (χ2v) is 5.06. The molecule has 0 nitrogen and oxygen atoms in total. The summed E-state index contributed by atoms with van der Waals surface area (Å²) in [6, 6.07) is 15.5. The van der Waals surface area contributed by atoms with Crippen LogP contribution in [0.2, 0.25) is 0 Å². The van der Waals surface area contributed by atoms with Gasteiger partial charge in [-0.05, 0) is 54.5 Å². The molecule has 0 amide bonds. The Morgan fingerprint density at radius 2 is 1.67 bits per heavy atom. The van der Waals surface area contributed by atoms with Crippen LogP contribution in [0.5, 0.6) is 0 Å². The largest absolute Gasteiger partial charge is 0.0654 e. The van der Waals surface area contributed by atoms with E-state index in [1.54, 1.807) is 0 Å². The van der Waals surface area contributed by atoms with Gasteiger partial charge in [0.2, 0.25) is 0 Å². The average molecular weight is 238 g/mol. The van der Waals surface area contributed by atoms with Gasteiger partial charge in [0, 0.05) is 0 Å². The van der Waals surface area contributed by atoms with Gasteiger partial charge in [0.15, 0.2) is 0 Å². The van der Waals surface area contributed by atoms with Crippen LogP contribution in [0, 0.1) is 13.8 Å². The lowest BCUT2D eigenvalue weighted by Gasteiger charge is -2.10. The standard InChI is InChI=1S/C18H22/c1-4-5-9-16-11-12-17(13-15(16)3)18-10-7-6-8-14(18)2/h6-8,10-13H,4-5,9H2,1-3H3. The van der Waals surface area contributed by atoms with Gasteiger partial charge < -0.3 is 0 Å². The highest BCUT2D eigenvalue weighted by atomic mass is 14.1. The molecule has 2 aromatic carbocycles. The second-order valence-electron chi connectivity index (χ2n) is 5.06. The van der Waals surface area contributed by atoms with Crippen molar-refractivity contribution in [1.29, 1.82) is 0 Å². The van der Waals surface area contributed by atoms with Crippen LogP contribution in [0.3, 0.4) is 0 Å². The molecule has 0 aliphatic heterocycles. The molecule has 0 aliphatic carbocycles. The van der Waals surface area contributed by atoms with Crippen LogP contribution in [0.25, 0.3) is 11.1 Å². The molecule has 18 heavy (non-hydrogen) atoms. The number of hydrogen-bond donors (Lipinski definition) is 0. The van der Waals surface area contributed by atoms with Crippen LogP contribution < -0.4 is 0 Å². The van der Waals surface area contributed by atoms with Crippen LogP contribution in [0.1, 0.15) is 36.5 Å². The maximum absolute atomic E-state index is 2.33. The molecule has 0 fully saturated rings. The smallest absolute Gasteiger partial charge is 0.0155 e. The highest BCUT2D eigenvalue weighted by molar-refractivity contribution is 5.68. The first-order valence-electron chi connectivity index (χ1n) is 6.88. The summed E-state index contributed by atoms with van der Waals surface area (Å²) in [6.07, 6.45) is 3.75. The first-order valence-corrected chi connectivity index (χ1v) is 6.88. The zero-order valence-corrected chi connectivity index (χ0v) is 11.7. The lowest BCUT2D eigenvalue weighted by molar-refractivity contribution is 0.791. The van der Waals surface area contributed by atoms with Crippen molar-refractivity contribution < 1.29 is 0 Å². The van der Waals surface area contributed by atoms with Crippen molar-refractivity contribution in [2.75, 3.05) is 0 Å². The van der Waals surface area contributed by atoms with Crippen molar-refractivity contribution in [2.24, 2.45) is 0 Å². The monoisotopic (exact) mass is 238 g/mol. The summed E-state index contributed by atoms with van der Waals surface area (Å²) in [6.45, 7) is 6.65. The molecule has 0 radical (unpaired) electrons. The molecule has 0 aromatic heterocycles. The van der Waals surface area contributed by atoms with Gasteiger partial charge in [0.05, 0.1) is 0 Å². The molecule has 2 rings (SSSR count). The minimum Gasteiger partial charge on any atom is -0.0654 e. The molecule has 94 valence electrons. The van der Waals surface area contributed by atoms with Gasteiger partial charge in [0.1, 0.15) is 0 Å². The van der Waals surface area contributed by atoms with E-state index in [-0.39, 0.29) is 0 Å². The SMILES string of the molecule is CCCCc1ccc(-c2ccccc2C)cc1C. The summed E-state index contributed by atoms with van der Waals surface area (Å²) in [5, 5.41) is 0. The van der Waals surface area contributed by atoms with Crippen molar-refractivity contribution in [1.82, 2.24) is 0 Å². The van der Waals surface area contributed by atoms with Crippen molar-refractivity contribution >= 4 is 0 Å². The lowest BCUT2D eigenvalue weighted by Crippen LogP contribution is -1.91. The van der Waals surface area contributed by atoms with E-state index in [1.807, 2.05) is 0 Å². The van der Waals surface area contributed by atoms with Crippen molar-refractivity contribution in [3.05, 3.63) is 59.2 Å². The van der Waals surface area contributed by atoms with Gasteiger partial charge >= 0.3 is 0 Å². The minimum absolute atomic E-state index is 1.20. The fourth-order valence-electron chi connectivity index (χ4n) is 2.41. The van der Waals surface area contributed by atoms with Gasteiger partial charge in [-0.2, -0.15) is 0 Å². The van der Waals surface area contributed by atoms with E-state index in [0.717, 1.165) is 0 Å². The maximum atomic E-state index is 2.33. The predicted molar refractivity (Wildman–Crippen MR) is 80.0 cm³/mol. The Bertz CT molecular complexity index is 523. The van der Waals surface area contributed by atoms with Crippen molar-refractivity contribution in [2.45, 2.75) is 40.0 Å². The van der Waals surface area contributed by atoms with Gasteiger partial charge in [-0.3, -0.25) is 0 Å². The zero-order chi connectivity index (χ0) is 13.0. The molecule has 0 aliphatic rings. The fourth-order valence-corrected chi connectivity index (χ4v) is 2.41. The molecule has 0 atom stereocenters. The Labute approximate surface area is 111 Å². The van der Waals surface area contributed by atoms with Crippen LogP contribution in [-0.4, -0.2) is 0 Å². The Balaban J connectivity index is 2.32. The van der Waals surface area contributed by atoms with Gasteiger partial charge in [-0.1, -0.05) is 55.8 Å². The predicted octanol–water partition coefficient (Wildman–Crippen LogP) is 5.31. The molecule has 2 aromatic rings. The van der Waals surface area contributed by atoms with E-state index in [9.17, 15) is 0 Å². The van der Waals surface area contributed by atoms with E-state index < -0.39 is 0 Å². The molecular weight excluding hydrogens is 216 g/mol.